The molecule has 0 atom stereocenters. The van der Waals surface area contributed by atoms with Crippen molar-refractivity contribution in [3.05, 3.63) is 24.0 Å². The molecular formula is C16H28N4. The lowest BCUT2D eigenvalue weighted by Gasteiger charge is -2.37. The van der Waals surface area contributed by atoms with Crippen LogP contribution >= 0.6 is 0 Å². The zero-order valence-electron chi connectivity index (χ0n) is 13.1. The molecule has 0 bridgehead atoms. The highest BCUT2D eigenvalue weighted by molar-refractivity contribution is 5.52. The van der Waals surface area contributed by atoms with Gasteiger partial charge in [0.25, 0.3) is 0 Å². The molecule has 4 heteroatoms. The maximum Gasteiger partial charge on any atom is 0.0442 e. The lowest BCUT2D eigenvalue weighted by Crippen LogP contribution is -2.42. The summed E-state index contributed by atoms with van der Waals surface area (Å²) in [6.07, 6.45) is 7.59. The summed E-state index contributed by atoms with van der Waals surface area (Å²) in [7, 11) is 4.37. The lowest BCUT2D eigenvalue weighted by molar-refractivity contribution is 0.249. The molecule has 0 aliphatic carbocycles. The molecule has 0 saturated carbocycles. The molecule has 1 aromatic rings. The average Bonchev–Trinajstić information content (AvgIpc) is 2.48. The third-order valence-corrected chi connectivity index (χ3v) is 4.16. The molecular weight excluding hydrogens is 248 g/mol. The van der Waals surface area contributed by atoms with Crippen molar-refractivity contribution in [2.75, 3.05) is 38.6 Å². The van der Waals surface area contributed by atoms with Crippen LogP contribution in [0.2, 0.25) is 0 Å². The fraction of sp³-hybridized carbons (Fsp3) is 0.688. The minimum absolute atomic E-state index is 0.731. The van der Waals surface area contributed by atoms with Crippen LogP contribution in [0.4, 0.5) is 5.69 Å². The van der Waals surface area contributed by atoms with Crippen LogP contribution in [-0.4, -0.2) is 49.7 Å². The van der Waals surface area contributed by atoms with E-state index in [1.165, 1.54) is 30.5 Å². The number of hydrogen-bond acceptors (Lipinski definition) is 4. The second-order valence-electron chi connectivity index (χ2n) is 5.86. The summed E-state index contributed by atoms with van der Waals surface area (Å²) in [6, 6.07) is 2.90. The van der Waals surface area contributed by atoms with Gasteiger partial charge in [-0.05, 0) is 46.0 Å². The van der Waals surface area contributed by atoms with Gasteiger partial charge in [0.1, 0.15) is 0 Å². The van der Waals surface area contributed by atoms with Crippen LogP contribution in [0.25, 0.3) is 0 Å². The van der Waals surface area contributed by atoms with Crippen LogP contribution in [-0.2, 0) is 6.54 Å². The molecule has 112 valence electrons. The maximum absolute atomic E-state index is 4.29. The largest absolute Gasteiger partial charge is 0.371 e. The van der Waals surface area contributed by atoms with Crippen molar-refractivity contribution >= 4 is 5.69 Å². The van der Waals surface area contributed by atoms with Gasteiger partial charge in [-0.15, -0.1) is 0 Å². The van der Waals surface area contributed by atoms with E-state index in [0.29, 0.717) is 0 Å². The highest BCUT2D eigenvalue weighted by Crippen LogP contribution is 2.24. The van der Waals surface area contributed by atoms with E-state index in [4.69, 9.17) is 0 Å². The summed E-state index contributed by atoms with van der Waals surface area (Å²) in [4.78, 5) is 9.16. The topological polar surface area (TPSA) is 31.4 Å². The first kappa shape index (κ1) is 15.3. The smallest absolute Gasteiger partial charge is 0.0442 e. The van der Waals surface area contributed by atoms with Crippen molar-refractivity contribution in [2.24, 2.45) is 0 Å². The fourth-order valence-electron chi connectivity index (χ4n) is 2.89. The minimum atomic E-state index is 0.731. The zero-order chi connectivity index (χ0) is 14.4. The first-order valence-electron chi connectivity index (χ1n) is 7.77. The normalized spacial score (nSPS) is 16.9. The van der Waals surface area contributed by atoms with Crippen LogP contribution in [0.1, 0.15) is 31.7 Å². The van der Waals surface area contributed by atoms with Crippen LogP contribution in [0.15, 0.2) is 18.5 Å². The van der Waals surface area contributed by atoms with Gasteiger partial charge in [-0.2, -0.15) is 0 Å². The van der Waals surface area contributed by atoms with Crippen LogP contribution in [0.5, 0.6) is 0 Å². The number of hydrogen-bond donors (Lipinski definition) is 1. The molecule has 0 aromatic carbocycles. The SMILES string of the molecule is CCCNCc1cnccc1N1CCC(N(C)C)CC1. The van der Waals surface area contributed by atoms with Gasteiger partial charge in [0.2, 0.25) is 0 Å². The molecule has 1 aliphatic heterocycles. The number of nitrogens with zero attached hydrogens (tertiary/aromatic N) is 3. The molecule has 0 amide bonds. The van der Waals surface area contributed by atoms with E-state index in [9.17, 15) is 0 Å². The molecule has 0 spiro atoms. The standard InChI is InChI=1S/C16H28N4/c1-4-8-17-12-14-13-18-9-5-16(14)20-10-6-15(7-11-20)19(2)3/h5,9,13,15,17H,4,6-8,10-12H2,1-3H3. The Labute approximate surface area is 123 Å². The van der Waals surface area contributed by atoms with Gasteiger partial charge in [-0.3, -0.25) is 4.98 Å². The molecule has 0 radical (unpaired) electrons. The second-order valence-corrected chi connectivity index (χ2v) is 5.86. The number of rotatable bonds is 6. The number of aromatic nitrogens is 1. The van der Waals surface area contributed by atoms with Crippen molar-refractivity contribution in [3.63, 3.8) is 0 Å². The van der Waals surface area contributed by atoms with Gasteiger partial charge in [-0.25, -0.2) is 0 Å². The Hall–Kier alpha value is -1.13. The summed E-state index contributed by atoms with van der Waals surface area (Å²) in [5.74, 6) is 0. The Balaban J connectivity index is 1.98. The van der Waals surface area contributed by atoms with Crippen LogP contribution in [0, 0.1) is 0 Å². The summed E-state index contributed by atoms with van der Waals surface area (Å²) in [5.41, 5.74) is 2.69. The van der Waals surface area contributed by atoms with Crippen molar-refractivity contribution in [1.82, 2.24) is 15.2 Å². The van der Waals surface area contributed by atoms with Crippen LogP contribution < -0.4 is 10.2 Å². The Morgan fingerprint density at radius 2 is 2.10 bits per heavy atom. The summed E-state index contributed by atoms with van der Waals surface area (Å²) in [6.45, 7) is 6.48. The monoisotopic (exact) mass is 276 g/mol. The molecule has 1 aliphatic rings. The number of pyridine rings is 1. The molecule has 1 saturated heterocycles. The molecule has 20 heavy (non-hydrogen) atoms. The van der Waals surface area contributed by atoms with E-state index in [-0.39, 0.29) is 0 Å². The first-order chi connectivity index (χ1) is 9.72. The minimum Gasteiger partial charge on any atom is -0.371 e. The van der Waals surface area contributed by atoms with Gasteiger partial charge in [0, 0.05) is 49.3 Å². The van der Waals surface area contributed by atoms with E-state index in [0.717, 1.165) is 32.2 Å². The quantitative estimate of drug-likeness (QED) is 0.806. The lowest BCUT2D eigenvalue weighted by atomic mass is 10.0. The van der Waals surface area contributed by atoms with Gasteiger partial charge >= 0.3 is 0 Å². The molecule has 1 fully saturated rings. The summed E-state index contributed by atoms with van der Waals surface area (Å²) < 4.78 is 0. The van der Waals surface area contributed by atoms with Crippen molar-refractivity contribution < 1.29 is 0 Å². The molecule has 4 nitrogen and oxygen atoms in total. The second kappa shape index (κ2) is 7.60. The molecule has 2 heterocycles. The Bertz CT molecular complexity index is 397. The zero-order valence-corrected chi connectivity index (χ0v) is 13.1. The Morgan fingerprint density at radius 1 is 1.35 bits per heavy atom. The van der Waals surface area contributed by atoms with E-state index in [2.05, 4.69) is 47.2 Å². The van der Waals surface area contributed by atoms with E-state index in [1.54, 1.807) is 0 Å². The first-order valence-corrected chi connectivity index (χ1v) is 7.77. The van der Waals surface area contributed by atoms with Gasteiger partial charge in [0.05, 0.1) is 0 Å². The third kappa shape index (κ3) is 3.93. The van der Waals surface area contributed by atoms with Crippen molar-refractivity contribution in [3.8, 4) is 0 Å². The van der Waals surface area contributed by atoms with Gasteiger partial charge in [0.15, 0.2) is 0 Å². The summed E-state index contributed by atoms with van der Waals surface area (Å²) >= 11 is 0. The molecule has 0 unspecified atom stereocenters. The predicted octanol–water partition coefficient (Wildman–Crippen LogP) is 2.11. The fourth-order valence-corrected chi connectivity index (χ4v) is 2.89. The number of nitrogens with one attached hydrogen (secondary N) is 1. The average molecular weight is 276 g/mol. The van der Waals surface area contributed by atoms with Crippen LogP contribution in [0.3, 0.4) is 0 Å². The van der Waals surface area contributed by atoms with E-state index < -0.39 is 0 Å². The highest BCUT2D eigenvalue weighted by atomic mass is 15.2. The maximum atomic E-state index is 4.29. The molecule has 2 rings (SSSR count). The predicted molar refractivity (Wildman–Crippen MR) is 85.2 cm³/mol. The van der Waals surface area contributed by atoms with E-state index >= 15 is 0 Å². The highest BCUT2D eigenvalue weighted by Gasteiger charge is 2.21. The van der Waals surface area contributed by atoms with Gasteiger partial charge in [-0.1, -0.05) is 6.92 Å². The number of anilines is 1. The Kier molecular flexibility index (Phi) is 5.80. The van der Waals surface area contributed by atoms with Crippen molar-refractivity contribution in [2.45, 2.75) is 38.8 Å². The third-order valence-electron chi connectivity index (χ3n) is 4.16. The van der Waals surface area contributed by atoms with E-state index in [1.807, 2.05) is 12.4 Å². The van der Waals surface area contributed by atoms with Gasteiger partial charge < -0.3 is 15.1 Å². The molecule has 1 aromatic heterocycles. The summed E-state index contributed by atoms with van der Waals surface area (Å²) in [5, 5.41) is 3.48. The number of piperidine rings is 1. The molecule has 1 N–H and O–H groups in total. The van der Waals surface area contributed by atoms with Crippen molar-refractivity contribution in [1.29, 1.82) is 0 Å². The Morgan fingerprint density at radius 3 is 2.75 bits per heavy atom.